The third-order valence-electron chi connectivity index (χ3n) is 3.60. The van der Waals surface area contributed by atoms with Crippen LogP contribution in [0.3, 0.4) is 0 Å². The minimum Gasteiger partial charge on any atom is -0.457 e. The van der Waals surface area contributed by atoms with E-state index in [9.17, 15) is 0 Å². The average molecular weight is 353 g/mol. The van der Waals surface area contributed by atoms with Crippen LogP contribution in [0.15, 0.2) is 48.5 Å². The number of benzene rings is 2. The van der Waals surface area contributed by atoms with E-state index in [2.05, 4.69) is 0 Å². The molecule has 0 saturated carbocycles. The molecule has 0 spiro atoms. The first-order chi connectivity index (χ1) is 11.1. The van der Waals surface area contributed by atoms with Gasteiger partial charge in [0.15, 0.2) is 0 Å². The van der Waals surface area contributed by atoms with Crippen LogP contribution in [0, 0.1) is 0 Å². The van der Waals surface area contributed by atoms with Crippen molar-refractivity contribution in [3.63, 3.8) is 0 Å². The van der Waals surface area contributed by atoms with Gasteiger partial charge >= 0.3 is 0 Å². The number of hydrogen-bond acceptors (Lipinski definition) is 5. The first-order valence-electron chi connectivity index (χ1n) is 7.70. The molecule has 0 aliphatic carbocycles. The van der Waals surface area contributed by atoms with Gasteiger partial charge in [0.05, 0.1) is 13.2 Å². The van der Waals surface area contributed by atoms with E-state index in [0.29, 0.717) is 24.3 Å². The van der Waals surface area contributed by atoms with Crippen LogP contribution in [0.5, 0.6) is 11.5 Å². The molecule has 0 aliphatic rings. The van der Waals surface area contributed by atoms with E-state index in [1.807, 2.05) is 48.5 Å². The Morgan fingerprint density at radius 2 is 1.12 bits per heavy atom. The number of para-hydroxylation sites is 2. The first kappa shape index (κ1) is 20.4. The van der Waals surface area contributed by atoms with Gasteiger partial charge in [0, 0.05) is 12.1 Å². The molecule has 2 aromatic rings. The van der Waals surface area contributed by atoms with Crippen molar-refractivity contribution in [1.29, 1.82) is 0 Å². The van der Waals surface area contributed by atoms with Crippen LogP contribution in [-0.4, -0.2) is 35.5 Å². The molecule has 0 radical (unpaired) electrons. The molecular formula is C18H25ClN2O3. The molecule has 6 N–H and O–H groups in total. The van der Waals surface area contributed by atoms with Crippen molar-refractivity contribution in [3.8, 4) is 11.5 Å². The number of aliphatic hydroxyl groups excluding tert-OH is 2. The van der Waals surface area contributed by atoms with Crippen LogP contribution in [-0.2, 0) is 12.8 Å². The SMILES string of the molecule is Cl.NC(CO)Cc1ccccc1Oc1ccccc1CC(N)CO. The molecular weight excluding hydrogens is 328 g/mol. The molecule has 0 heterocycles. The van der Waals surface area contributed by atoms with Gasteiger partial charge in [-0.1, -0.05) is 36.4 Å². The Labute approximate surface area is 148 Å². The monoisotopic (exact) mass is 352 g/mol. The maximum Gasteiger partial charge on any atom is 0.130 e. The van der Waals surface area contributed by atoms with E-state index in [-0.39, 0.29) is 37.7 Å². The summed E-state index contributed by atoms with van der Waals surface area (Å²) in [4.78, 5) is 0. The highest BCUT2D eigenvalue weighted by Gasteiger charge is 2.12. The van der Waals surface area contributed by atoms with E-state index < -0.39 is 0 Å². The zero-order valence-electron chi connectivity index (χ0n) is 13.5. The summed E-state index contributed by atoms with van der Waals surface area (Å²) < 4.78 is 6.06. The Hall–Kier alpha value is -1.63. The second-order valence-corrected chi connectivity index (χ2v) is 5.61. The normalized spacial score (nSPS) is 13.0. The molecule has 0 aliphatic heterocycles. The van der Waals surface area contributed by atoms with Gasteiger partial charge in [0.2, 0.25) is 0 Å². The molecule has 2 unspecified atom stereocenters. The fraction of sp³-hybridized carbons (Fsp3) is 0.333. The highest BCUT2D eigenvalue weighted by molar-refractivity contribution is 5.85. The van der Waals surface area contributed by atoms with Gasteiger partial charge in [-0.15, -0.1) is 12.4 Å². The summed E-state index contributed by atoms with van der Waals surface area (Å²) in [6, 6.07) is 14.6. The lowest BCUT2D eigenvalue weighted by Crippen LogP contribution is -2.27. The smallest absolute Gasteiger partial charge is 0.130 e. The highest BCUT2D eigenvalue weighted by atomic mass is 35.5. The predicted molar refractivity (Wildman–Crippen MR) is 97.7 cm³/mol. The maximum absolute atomic E-state index is 9.14. The van der Waals surface area contributed by atoms with Crippen molar-refractivity contribution in [2.45, 2.75) is 24.9 Å². The molecule has 0 saturated heterocycles. The fourth-order valence-corrected chi connectivity index (χ4v) is 2.36. The first-order valence-corrected chi connectivity index (χ1v) is 7.70. The molecule has 5 nitrogen and oxygen atoms in total. The summed E-state index contributed by atoms with van der Waals surface area (Å²) in [6.07, 6.45) is 1.07. The lowest BCUT2D eigenvalue weighted by atomic mass is 10.0. The molecule has 2 aromatic carbocycles. The van der Waals surface area contributed by atoms with E-state index in [0.717, 1.165) is 11.1 Å². The fourth-order valence-electron chi connectivity index (χ4n) is 2.36. The summed E-state index contributed by atoms with van der Waals surface area (Å²) in [7, 11) is 0. The largest absolute Gasteiger partial charge is 0.457 e. The number of nitrogens with two attached hydrogens (primary N) is 2. The number of ether oxygens (including phenoxy) is 1. The quantitative estimate of drug-likeness (QED) is 0.578. The summed E-state index contributed by atoms with van der Waals surface area (Å²) >= 11 is 0. The maximum atomic E-state index is 9.14. The van der Waals surface area contributed by atoms with Crippen molar-refractivity contribution in [1.82, 2.24) is 0 Å². The van der Waals surface area contributed by atoms with Gasteiger partial charge in [-0.05, 0) is 36.1 Å². The molecule has 0 bridgehead atoms. The number of hydrogen-bond donors (Lipinski definition) is 4. The summed E-state index contributed by atoms with van der Waals surface area (Å²) in [6.45, 7) is -0.146. The van der Waals surface area contributed by atoms with Crippen molar-refractivity contribution >= 4 is 12.4 Å². The van der Waals surface area contributed by atoms with Gasteiger partial charge < -0.3 is 26.4 Å². The third-order valence-corrected chi connectivity index (χ3v) is 3.60. The second kappa shape index (κ2) is 10.3. The summed E-state index contributed by atoms with van der Waals surface area (Å²) in [5.74, 6) is 1.42. The van der Waals surface area contributed by atoms with Gasteiger partial charge in [-0.25, -0.2) is 0 Å². The molecule has 2 atom stereocenters. The lowest BCUT2D eigenvalue weighted by molar-refractivity contribution is 0.264. The van der Waals surface area contributed by atoms with E-state index in [1.165, 1.54) is 0 Å². The Morgan fingerprint density at radius 3 is 1.50 bits per heavy atom. The van der Waals surface area contributed by atoms with E-state index >= 15 is 0 Å². The van der Waals surface area contributed by atoms with Gasteiger partial charge in [-0.3, -0.25) is 0 Å². The third kappa shape index (κ3) is 5.78. The molecule has 6 heteroatoms. The zero-order valence-corrected chi connectivity index (χ0v) is 14.3. The number of halogens is 1. The highest BCUT2D eigenvalue weighted by Crippen LogP contribution is 2.29. The van der Waals surface area contributed by atoms with Crippen LogP contribution in [0.2, 0.25) is 0 Å². The van der Waals surface area contributed by atoms with Crippen molar-refractivity contribution in [2.24, 2.45) is 11.5 Å². The van der Waals surface area contributed by atoms with Crippen LogP contribution < -0.4 is 16.2 Å². The van der Waals surface area contributed by atoms with E-state index in [1.54, 1.807) is 0 Å². The Morgan fingerprint density at radius 1 is 0.750 bits per heavy atom. The van der Waals surface area contributed by atoms with Crippen LogP contribution in [0.25, 0.3) is 0 Å². The Balaban J connectivity index is 0.00000288. The molecule has 0 amide bonds. The van der Waals surface area contributed by atoms with Crippen LogP contribution >= 0.6 is 12.4 Å². The van der Waals surface area contributed by atoms with Crippen molar-refractivity contribution in [2.75, 3.05) is 13.2 Å². The predicted octanol–water partition coefficient (Wildman–Crippen LogP) is 1.62. The number of rotatable bonds is 8. The Bertz CT molecular complexity index is 571. The topological polar surface area (TPSA) is 102 Å². The van der Waals surface area contributed by atoms with Crippen LogP contribution in [0.1, 0.15) is 11.1 Å². The van der Waals surface area contributed by atoms with Gasteiger partial charge in [-0.2, -0.15) is 0 Å². The summed E-state index contributed by atoms with van der Waals surface area (Å²) in [5.41, 5.74) is 13.5. The average Bonchev–Trinajstić information content (AvgIpc) is 2.58. The second-order valence-electron chi connectivity index (χ2n) is 5.61. The lowest BCUT2D eigenvalue weighted by Gasteiger charge is -2.17. The van der Waals surface area contributed by atoms with Gasteiger partial charge in [0.25, 0.3) is 0 Å². The van der Waals surface area contributed by atoms with E-state index in [4.69, 9.17) is 26.4 Å². The molecule has 24 heavy (non-hydrogen) atoms. The molecule has 132 valence electrons. The number of aliphatic hydroxyl groups is 2. The van der Waals surface area contributed by atoms with Gasteiger partial charge in [0.1, 0.15) is 11.5 Å². The minimum atomic E-state index is -0.321. The van der Waals surface area contributed by atoms with Crippen LogP contribution in [0.4, 0.5) is 0 Å². The van der Waals surface area contributed by atoms with Crippen molar-refractivity contribution in [3.05, 3.63) is 59.7 Å². The molecule has 0 aromatic heterocycles. The van der Waals surface area contributed by atoms with Crippen molar-refractivity contribution < 1.29 is 14.9 Å². The summed E-state index contributed by atoms with van der Waals surface area (Å²) in [5, 5.41) is 18.3. The molecule has 0 fully saturated rings. The standard InChI is InChI=1S/C18H24N2O3.ClH/c19-15(11-21)9-13-5-1-3-7-17(13)23-18-8-4-2-6-14(18)10-16(20)12-22;/h1-8,15-16,21-22H,9-12,19-20H2;1H. The molecule has 2 rings (SSSR count). The minimum absolute atomic E-state index is 0. The zero-order chi connectivity index (χ0) is 16.7. The Kier molecular flexibility index (Phi) is 8.74.